The van der Waals surface area contributed by atoms with Gasteiger partial charge in [-0.1, -0.05) is 37.3 Å². The van der Waals surface area contributed by atoms with E-state index in [2.05, 4.69) is 10.6 Å². The van der Waals surface area contributed by atoms with Crippen LogP contribution in [0.25, 0.3) is 0 Å². The van der Waals surface area contributed by atoms with Gasteiger partial charge in [0.05, 0.1) is 18.2 Å². The lowest BCUT2D eigenvalue weighted by molar-refractivity contribution is -0.139. The Labute approximate surface area is 118 Å². The number of carbonyl (C=O) groups excluding carboxylic acids is 2. The third-order valence-electron chi connectivity index (χ3n) is 3.14. The van der Waals surface area contributed by atoms with E-state index in [9.17, 15) is 9.59 Å². The summed E-state index contributed by atoms with van der Waals surface area (Å²) in [5, 5.41) is 5.46. The molecule has 1 aromatic carbocycles. The van der Waals surface area contributed by atoms with Crippen LogP contribution in [-0.2, 0) is 9.53 Å². The maximum Gasteiger partial charge on any atom is 0.338 e. The molecule has 0 aliphatic carbocycles. The lowest BCUT2D eigenvalue weighted by Gasteiger charge is -2.29. The highest BCUT2D eigenvalue weighted by Crippen LogP contribution is 2.28. The summed E-state index contributed by atoms with van der Waals surface area (Å²) in [5.74, 6) is -0.397. The molecule has 5 nitrogen and oxygen atoms in total. The largest absolute Gasteiger partial charge is 0.463 e. The molecule has 1 heterocycles. The minimum atomic E-state index is -0.473. The summed E-state index contributed by atoms with van der Waals surface area (Å²) < 4.78 is 5.11. The summed E-state index contributed by atoms with van der Waals surface area (Å²) in [7, 11) is 0. The van der Waals surface area contributed by atoms with Crippen LogP contribution >= 0.6 is 0 Å². The molecule has 1 aliphatic heterocycles. The molecule has 2 rings (SSSR count). The number of allylic oxidation sites excluding steroid dienone is 1. The predicted molar refractivity (Wildman–Crippen MR) is 74.8 cm³/mol. The quantitative estimate of drug-likeness (QED) is 0.828. The van der Waals surface area contributed by atoms with Gasteiger partial charge in [0.2, 0.25) is 0 Å². The highest BCUT2D eigenvalue weighted by molar-refractivity contribution is 5.95. The van der Waals surface area contributed by atoms with Crippen molar-refractivity contribution in [2.75, 3.05) is 6.61 Å². The molecule has 1 aliphatic rings. The number of benzene rings is 1. The predicted octanol–water partition coefficient (Wildman–Crippen LogP) is 2.27. The molecule has 0 bridgehead atoms. The number of ether oxygens (including phenoxy) is 1. The van der Waals surface area contributed by atoms with Crippen LogP contribution in [0.4, 0.5) is 4.79 Å². The molecule has 20 heavy (non-hydrogen) atoms. The molecule has 1 unspecified atom stereocenters. The van der Waals surface area contributed by atoms with Crippen LogP contribution in [0.5, 0.6) is 0 Å². The summed E-state index contributed by atoms with van der Waals surface area (Å²) in [6, 6.07) is 8.62. The van der Waals surface area contributed by atoms with Gasteiger partial charge in [0.15, 0.2) is 0 Å². The van der Waals surface area contributed by atoms with Gasteiger partial charge >= 0.3 is 12.0 Å². The van der Waals surface area contributed by atoms with E-state index in [1.807, 2.05) is 37.3 Å². The Morgan fingerprint density at radius 1 is 1.25 bits per heavy atom. The molecule has 0 aromatic heterocycles. The monoisotopic (exact) mass is 274 g/mol. The first-order valence-electron chi connectivity index (χ1n) is 6.70. The molecular weight excluding hydrogens is 256 g/mol. The summed E-state index contributed by atoms with van der Waals surface area (Å²) in [6.07, 6.45) is 0.560. The first kappa shape index (κ1) is 14.1. The number of hydrogen-bond donors (Lipinski definition) is 2. The average molecular weight is 274 g/mol. The lowest BCUT2D eigenvalue weighted by Crippen LogP contribution is -2.45. The van der Waals surface area contributed by atoms with Crippen LogP contribution in [0.3, 0.4) is 0 Å². The van der Waals surface area contributed by atoms with Crippen LogP contribution < -0.4 is 10.6 Å². The van der Waals surface area contributed by atoms with E-state index in [0.717, 1.165) is 5.56 Å². The molecule has 1 aromatic rings. The van der Waals surface area contributed by atoms with Crippen molar-refractivity contribution >= 4 is 12.0 Å². The zero-order chi connectivity index (χ0) is 14.5. The molecule has 2 N–H and O–H groups in total. The van der Waals surface area contributed by atoms with Crippen molar-refractivity contribution in [1.29, 1.82) is 0 Å². The van der Waals surface area contributed by atoms with Crippen LogP contribution in [-0.4, -0.2) is 18.6 Å². The Morgan fingerprint density at radius 2 is 1.95 bits per heavy atom. The van der Waals surface area contributed by atoms with Crippen molar-refractivity contribution in [3.05, 3.63) is 47.2 Å². The normalized spacial score (nSPS) is 18.3. The third kappa shape index (κ3) is 2.82. The number of nitrogens with one attached hydrogen (secondary N) is 2. The molecule has 106 valence electrons. The van der Waals surface area contributed by atoms with Gasteiger partial charge in [-0.15, -0.1) is 0 Å². The van der Waals surface area contributed by atoms with Crippen molar-refractivity contribution in [2.45, 2.75) is 26.3 Å². The Hall–Kier alpha value is -2.30. The molecule has 0 spiro atoms. The Morgan fingerprint density at radius 3 is 2.55 bits per heavy atom. The van der Waals surface area contributed by atoms with E-state index in [-0.39, 0.29) is 6.03 Å². The maximum atomic E-state index is 12.2. The standard InChI is InChI=1S/C15H18N2O3/c1-3-11-12(14(18)20-4-2)13(17-15(19)16-11)10-8-6-5-7-9-10/h5-9,13H,3-4H2,1-2H3,(H2,16,17,19). The van der Waals surface area contributed by atoms with Gasteiger partial charge in [0, 0.05) is 5.70 Å². The fraction of sp³-hybridized carbons (Fsp3) is 0.333. The van der Waals surface area contributed by atoms with Crippen molar-refractivity contribution in [3.8, 4) is 0 Å². The molecule has 0 fully saturated rings. The highest BCUT2D eigenvalue weighted by atomic mass is 16.5. The fourth-order valence-corrected chi connectivity index (χ4v) is 2.24. The molecular formula is C15H18N2O3. The number of carbonyl (C=O) groups is 2. The zero-order valence-corrected chi connectivity index (χ0v) is 11.6. The van der Waals surface area contributed by atoms with Gasteiger partial charge < -0.3 is 15.4 Å². The lowest BCUT2D eigenvalue weighted by atomic mass is 9.94. The number of hydrogen-bond acceptors (Lipinski definition) is 3. The van der Waals surface area contributed by atoms with Crippen molar-refractivity contribution < 1.29 is 14.3 Å². The fourth-order valence-electron chi connectivity index (χ4n) is 2.24. The molecule has 0 saturated heterocycles. The van der Waals surface area contributed by atoms with Gasteiger partial charge in [-0.25, -0.2) is 9.59 Å². The van der Waals surface area contributed by atoms with Gasteiger partial charge in [-0.05, 0) is 18.9 Å². The van der Waals surface area contributed by atoms with E-state index in [1.54, 1.807) is 6.92 Å². The first-order valence-corrected chi connectivity index (χ1v) is 6.70. The Kier molecular flexibility index (Phi) is 4.40. The molecule has 2 amide bonds. The second-order valence-corrected chi connectivity index (χ2v) is 4.41. The second-order valence-electron chi connectivity index (χ2n) is 4.41. The first-order chi connectivity index (χ1) is 9.67. The van der Waals surface area contributed by atoms with Crippen LogP contribution in [0.2, 0.25) is 0 Å². The molecule has 0 saturated carbocycles. The smallest absolute Gasteiger partial charge is 0.338 e. The summed E-state index contributed by atoms with van der Waals surface area (Å²) >= 11 is 0. The van der Waals surface area contributed by atoms with Crippen molar-refractivity contribution in [3.63, 3.8) is 0 Å². The third-order valence-corrected chi connectivity index (χ3v) is 3.14. The average Bonchev–Trinajstić information content (AvgIpc) is 2.47. The van der Waals surface area contributed by atoms with Gasteiger partial charge in [0.1, 0.15) is 0 Å². The van der Waals surface area contributed by atoms with E-state index in [0.29, 0.717) is 24.3 Å². The maximum absolute atomic E-state index is 12.2. The SMILES string of the molecule is CCOC(=O)C1=C(CC)NC(=O)NC1c1ccccc1. The van der Waals surface area contributed by atoms with Crippen LogP contribution in [0.1, 0.15) is 31.9 Å². The summed E-state index contributed by atoms with van der Waals surface area (Å²) in [6.45, 7) is 3.95. The zero-order valence-electron chi connectivity index (χ0n) is 11.6. The van der Waals surface area contributed by atoms with Gasteiger partial charge in [0.25, 0.3) is 0 Å². The van der Waals surface area contributed by atoms with Crippen LogP contribution in [0.15, 0.2) is 41.6 Å². The molecule has 0 radical (unpaired) electrons. The van der Waals surface area contributed by atoms with Crippen molar-refractivity contribution in [2.24, 2.45) is 0 Å². The summed E-state index contributed by atoms with van der Waals surface area (Å²) in [4.78, 5) is 23.9. The molecule has 1 atom stereocenters. The Bertz CT molecular complexity index is 537. The van der Waals surface area contributed by atoms with Crippen molar-refractivity contribution in [1.82, 2.24) is 10.6 Å². The highest BCUT2D eigenvalue weighted by Gasteiger charge is 2.32. The molecule has 5 heteroatoms. The minimum absolute atomic E-state index is 0.300. The second kappa shape index (κ2) is 6.23. The van der Waals surface area contributed by atoms with E-state index < -0.39 is 12.0 Å². The minimum Gasteiger partial charge on any atom is -0.463 e. The van der Waals surface area contributed by atoms with E-state index in [4.69, 9.17) is 4.74 Å². The number of esters is 1. The number of rotatable bonds is 4. The number of amides is 2. The Balaban J connectivity index is 2.46. The van der Waals surface area contributed by atoms with Crippen LogP contribution in [0, 0.1) is 0 Å². The van der Waals surface area contributed by atoms with Gasteiger partial charge in [-0.2, -0.15) is 0 Å². The topological polar surface area (TPSA) is 67.4 Å². The van der Waals surface area contributed by atoms with Gasteiger partial charge in [-0.3, -0.25) is 0 Å². The van der Waals surface area contributed by atoms with E-state index >= 15 is 0 Å². The van der Waals surface area contributed by atoms with E-state index in [1.165, 1.54) is 0 Å². The summed E-state index contributed by atoms with van der Waals surface area (Å²) in [5.41, 5.74) is 1.94. The number of urea groups is 1.